The van der Waals surface area contributed by atoms with Gasteiger partial charge in [0.2, 0.25) is 0 Å². The van der Waals surface area contributed by atoms with Gasteiger partial charge in [-0.3, -0.25) is 0 Å². The summed E-state index contributed by atoms with van der Waals surface area (Å²) in [6.45, 7) is 0. The van der Waals surface area contributed by atoms with Crippen LogP contribution >= 0.6 is 0 Å². The fourth-order valence-corrected chi connectivity index (χ4v) is 0.833. The second-order valence-electron chi connectivity index (χ2n) is 2.01. The van der Waals surface area contributed by atoms with Gasteiger partial charge in [0.15, 0.2) is 0 Å². The fourth-order valence-electron chi connectivity index (χ4n) is 0.833. The Balaban J connectivity index is 0.000000720. The van der Waals surface area contributed by atoms with Gasteiger partial charge in [0.05, 0.1) is 0 Å². The van der Waals surface area contributed by atoms with Gasteiger partial charge >= 0.3 is 0 Å². The van der Waals surface area contributed by atoms with Crippen LogP contribution in [0.1, 0.15) is 0 Å². The van der Waals surface area contributed by atoms with Crippen LogP contribution in [0.15, 0.2) is 6.33 Å². The minimum Gasteiger partial charge on any atom is -0.383 e. The van der Waals surface area contributed by atoms with E-state index in [1.165, 1.54) is 6.33 Å². The van der Waals surface area contributed by atoms with E-state index >= 15 is 0 Å². The molecule has 0 atom stereocenters. The number of nitrogens with two attached hydrogens (primary N) is 2. The molecule has 1 radical (unpaired) electrons. The Morgan fingerprint density at radius 2 is 2.00 bits per heavy atom. The average molecular weight is 238 g/mol. The van der Waals surface area contributed by atoms with Crippen LogP contribution in [0.25, 0.3) is 11.2 Å². The van der Waals surface area contributed by atoms with Gasteiger partial charge in [-0.05, 0) is 6.33 Å². The summed E-state index contributed by atoms with van der Waals surface area (Å²) in [5.74, 6) is 0.389. The summed E-state index contributed by atoms with van der Waals surface area (Å²) in [6.07, 6.45) is 1.37. The first-order chi connectivity index (χ1) is 5.27. The van der Waals surface area contributed by atoms with Crippen LogP contribution < -0.4 is 16.5 Å². The third-order valence-electron chi connectivity index (χ3n) is 1.28. The summed E-state index contributed by atoms with van der Waals surface area (Å²) < 4.78 is 0. The minimum atomic E-state index is 0. The van der Waals surface area contributed by atoms with Crippen LogP contribution in [-0.4, -0.2) is 15.0 Å². The zero-order valence-corrected chi connectivity index (χ0v) is 8.94. The van der Waals surface area contributed by atoms with Gasteiger partial charge < -0.3 is 26.4 Å². The number of nitrogen functional groups attached to an aromatic ring is 2. The zero-order chi connectivity index (χ0) is 7.84. The SMILES string of the molecule is Nc1nc(N)c2nc[n-]c2n1.[Y]. The predicted molar refractivity (Wildman–Crippen MR) is 39.5 cm³/mol. The van der Waals surface area contributed by atoms with E-state index in [0.29, 0.717) is 11.2 Å². The first kappa shape index (κ1) is 9.34. The summed E-state index contributed by atoms with van der Waals surface area (Å²) in [7, 11) is 0. The molecule has 0 bridgehead atoms. The second-order valence-corrected chi connectivity index (χ2v) is 2.01. The van der Waals surface area contributed by atoms with E-state index in [4.69, 9.17) is 11.5 Å². The molecule has 0 spiro atoms. The third-order valence-corrected chi connectivity index (χ3v) is 1.28. The van der Waals surface area contributed by atoms with E-state index in [1.54, 1.807) is 0 Å². The molecule has 0 aromatic carbocycles. The van der Waals surface area contributed by atoms with Gasteiger partial charge in [0.1, 0.15) is 11.8 Å². The van der Waals surface area contributed by atoms with Crippen molar-refractivity contribution in [3.8, 4) is 0 Å². The largest absolute Gasteiger partial charge is 0.383 e. The van der Waals surface area contributed by atoms with E-state index in [0.717, 1.165) is 0 Å². The quantitative estimate of drug-likeness (QED) is 0.618. The number of nitrogens with zero attached hydrogens (tertiary/aromatic N) is 4. The monoisotopic (exact) mass is 238 g/mol. The maximum absolute atomic E-state index is 5.47. The Hall–Kier alpha value is -0.746. The maximum Gasteiger partial charge on any atom is 0.150 e. The Bertz CT molecular complexity index is 396. The zero-order valence-electron chi connectivity index (χ0n) is 6.10. The summed E-state index contributed by atoms with van der Waals surface area (Å²) >= 11 is 0. The van der Waals surface area contributed by atoms with Gasteiger partial charge in [-0.1, -0.05) is 0 Å². The maximum atomic E-state index is 5.47. The van der Waals surface area contributed by atoms with Gasteiger partial charge in [-0.25, -0.2) is 4.98 Å². The van der Waals surface area contributed by atoms with Crippen molar-refractivity contribution in [3.63, 3.8) is 0 Å². The molecule has 6 nitrogen and oxygen atoms in total. The minimum absolute atomic E-state index is 0. The second kappa shape index (κ2) is 3.32. The molecular formula is C5H5N6Y-. The molecule has 0 fully saturated rings. The van der Waals surface area contributed by atoms with Crippen molar-refractivity contribution in [1.82, 2.24) is 19.9 Å². The first-order valence-electron chi connectivity index (χ1n) is 2.94. The molecule has 0 aliphatic rings. The molecule has 2 heterocycles. The molecule has 0 unspecified atom stereocenters. The topological polar surface area (TPSA) is 105 Å². The van der Waals surface area contributed by atoms with E-state index in [-0.39, 0.29) is 44.5 Å². The fraction of sp³-hybridized carbons (Fsp3) is 0. The Morgan fingerprint density at radius 1 is 1.25 bits per heavy atom. The molecule has 0 amide bonds. The molecule has 0 aliphatic carbocycles. The van der Waals surface area contributed by atoms with Crippen molar-refractivity contribution in [1.29, 1.82) is 0 Å². The molecule has 4 N–H and O–H groups in total. The molecule has 59 valence electrons. The molecule has 12 heavy (non-hydrogen) atoms. The Kier molecular flexibility index (Phi) is 2.59. The number of anilines is 2. The van der Waals surface area contributed by atoms with Gasteiger partial charge in [-0.2, -0.15) is 0 Å². The van der Waals surface area contributed by atoms with Crippen molar-refractivity contribution in [2.24, 2.45) is 0 Å². The van der Waals surface area contributed by atoms with Crippen molar-refractivity contribution in [2.75, 3.05) is 11.5 Å². The van der Waals surface area contributed by atoms with E-state index in [1.807, 2.05) is 0 Å². The summed E-state index contributed by atoms with van der Waals surface area (Å²) in [4.78, 5) is 15.2. The summed E-state index contributed by atoms with van der Waals surface area (Å²) in [5.41, 5.74) is 11.7. The van der Waals surface area contributed by atoms with Crippen LogP contribution in [0.5, 0.6) is 0 Å². The van der Waals surface area contributed by atoms with Crippen molar-refractivity contribution in [3.05, 3.63) is 6.33 Å². The molecule has 0 saturated heterocycles. The average Bonchev–Trinajstić information content (AvgIpc) is 2.34. The van der Waals surface area contributed by atoms with Crippen LogP contribution in [0.2, 0.25) is 0 Å². The molecule has 2 aromatic rings. The van der Waals surface area contributed by atoms with Gasteiger partial charge in [-0.15, -0.1) is 0 Å². The molecule has 7 heteroatoms. The molecule has 0 saturated carbocycles. The van der Waals surface area contributed by atoms with Crippen molar-refractivity contribution < 1.29 is 32.7 Å². The smallest absolute Gasteiger partial charge is 0.150 e. The molecule has 2 rings (SSSR count). The number of aromatic nitrogens is 4. The van der Waals surface area contributed by atoms with E-state index in [9.17, 15) is 0 Å². The van der Waals surface area contributed by atoms with Crippen molar-refractivity contribution in [2.45, 2.75) is 0 Å². The first-order valence-corrected chi connectivity index (χ1v) is 2.94. The number of rotatable bonds is 0. The summed E-state index contributed by atoms with van der Waals surface area (Å²) in [5, 5.41) is 0. The number of hydrogen-bond acceptors (Lipinski definition) is 5. The third kappa shape index (κ3) is 1.40. The number of imidazole rings is 1. The molecular weight excluding hydrogens is 233 g/mol. The van der Waals surface area contributed by atoms with Gasteiger partial charge in [0.25, 0.3) is 0 Å². The van der Waals surface area contributed by atoms with Crippen LogP contribution in [0.4, 0.5) is 11.8 Å². The Morgan fingerprint density at radius 3 is 2.75 bits per heavy atom. The van der Waals surface area contributed by atoms with Crippen LogP contribution in [-0.2, 0) is 32.7 Å². The molecule has 0 aliphatic heterocycles. The number of fused-ring (bicyclic) bond motifs is 1. The summed E-state index contributed by atoms with van der Waals surface area (Å²) in [6, 6.07) is 0. The van der Waals surface area contributed by atoms with Crippen LogP contribution in [0, 0.1) is 0 Å². The standard InChI is InChI=1S/C5H5N6.Y/c6-3-2-4(9-1-8-2)11-5(7)10-3;/h1H,(H4-,6,7,8,9,10,11);/q-1;. The van der Waals surface area contributed by atoms with Crippen LogP contribution in [0.3, 0.4) is 0 Å². The predicted octanol–water partition coefficient (Wildman–Crippen LogP) is -0.856. The number of hydrogen-bond donors (Lipinski definition) is 2. The van der Waals surface area contributed by atoms with Gasteiger partial charge in [0, 0.05) is 43.9 Å². The molecule has 2 aromatic heterocycles. The van der Waals surface area contributed by atoms with E-state index < -0.39 is 0 Å². The Labute approximate surface area is 93.0 Å². The normalized spacial score (nSPS) is 9.67. The van der Waals surface area contributed by atoms with E-state index in [2.05, 4.69) is 19.9 Å². The van der Waals surface area contributed by atoms with Crippen molar-refractivity contribution >= 4 is 22.9 Å².